The van der Waals surface area contributed by atoms with Crippen molar-refractivity contribution >= 4 is 35.7 Å². The zero-order chi connectivity index (χ0) is 51.9. The third kappa shape index (κ3) is 15.2. The maximum Gasteiger partial charge on any atom is 0.319 e. The van der Waals surface area contributed by atoms with Gasteiger partial charge < -0.3 is 49.6 Å². The fourth-order valence-corrected chi connectivity index (χ4v) is 12.8. The number of carbonyl (C=O) groups excluding carboxylic acids is 6. The monoisotopic (exact) mass is 1000 g/mol. The van der Waals surface area contributed by atoms with Gasteiger partial charge in [-0.25, -0.2) is 0 Å². The second kappa shape index (κ2) is 27.2. The van der Waals surface area contributed by atoms with Crippen LogP contribution in [0.3, 0.4) is 0 Å². The molecule has 71 heavy (non-hydrogen) atoms. The van der Waals surface area contributed by atoms with Crippen LogP contribution in [0.5, 0.6) is 0 Å². The molecule has 0 bridgehead atoms. The molecule has 4 fully saturated rings. The summed E-state index contributed by atoms with van der Waals surface area (Å²) in [5.74, 6) is -1.82. The van der Waals surface area contributed by atoms with Crippen molar-refractivity contribution in [3.05, 3.63) is 35.9 Å². The van der Waals surface area contributed by atoms with E-state index in [-0.39, 0.29) is 143 Å². The summed E-state index contributed by atoms with van der Waals surface area (Å²) in [4.78, 5) is 82.0. The number of nitrogens with one attached hydrogen (secondary N) is 2. The molecule has 0 aromatic heterocycles. The van der Waals surface area contributed by atoms with Crippen LogP contribution < -0.4 is 10.6 Å². The van der Waals surface area contributed by atoms with Crippen molar-refractivity contribution in [3.63, 3.8) is 0 Å². The van der Waals surface area contributed by atoms with Crippen molar-refractivity contribution in [2.45, 2.75) is 110 Å². The van der Waals surface area contributed by atoms with E-state index in [1.165, 1.54) is 33.3 Å². The first kappa shape index (κ1) is 57.7. The van der Waals surface area contributed by atoms with E-state index in [2.05, 4.69) is 31.4 Å². The second-order valence-corrected chi connectivity index (χ2v) is 21.0. The number of benzene rings is 1. The number of amides is 2. The Labute approximate surface area is 419 Å². The van der Waals surface area contributed by atoms with Crippen LogP contribution in [0.1, 0.15) is 84.1 Å². The van der Waals surface area contributed by atoms with E-state index in [0.717, 1.165) is 37.7 Å². The Morgan fingerprint density at radius 1 is 0.718 bits per heavy atom. The van der Waals surface area contributed by atoms with Crippen LogP contribution in [0.15, 0.2) is 30.3 Å². The number of fused-ring (bicyclic) bond motifs is 5. The van der Waals surface area contributed by atoms with E-state index in [1.54, 1.807) is 9.80 Å². The maximum atomic E-state index is 14.1. The average molecular weight is 1000 g/mol. The molecule has 400 valence electrons. The van der Waals surface area contributed by atoms with E-state index < -0.39 is 48.0 Å². The highest BCUT2D eigenvalue weighted by molar-refractivity contribution is 5.83. The molecule has 19 nitrogen and oxygen atoms in total. The molecule has 0 spiro atoms. The largest absolute Gasteiger partial charge is 0.468 e. The van der Waals surface area contributed by atoms with Crippen LogP contribution in [0.2, 0.25) is 0 Å². The number of aliphatic hydroxyl groups excluding tert-OH is 3. The predicted octanol–water partition coefficient (Wildman–Crippen LogP) is 1.78. The Morgan fingerprint density at radius 2 is 1.31 bits per heavy atom. The standard InChI is InChI=1S/C52H83N5O14/c1-34(38-14-15-39-49-40(27-43(60)52(38,39)3)51(2)18-17-37(58)25-36(51)26-42(49)59)13-16-44(61)53-19-20-54-50(66)41(33-71-32-35-11-9-8-10-12-35)57(31-48(65)70-7)24-23-55(28-45(62)67-4)21-22-56(29-46(63)68-5)30-47(64)69-6/h8-12,34,36-43,49,58-60H,13-33H2,1-7H3,(H,53,61)(H,54,66)/t34-,36+,37-,38-,39?,40?,41?,42-,43+,49?,51+,52-/m1/s1. The first-order valence-corrected chi connectivity index (χ1v) is 25.5. The topological polar surface area (TPSA) is 243 Å². The lowest BCUT2D eigenvalue weighted by Crippen LogP contribution is -2.62. The number of methoxy groups -OCH3 is 4. The van der Waals surface area contributed by atoms with Gasteiger partial charge in [0.15, 0.2) is 0 Å². The van der Waals surface area contributed by atoms with Gasteiger partial charge in [-0.3, -0.25) is 43.5 Å². The molecule has 4 aliphatic rings. The molecule has 4 aliphatic carbocycles. The van der Waals surface area contributed by atoms with E-state index in [0.29, 0.717) is 19.3 Å². The summed E-state index contributed by atoms with van der Waals surface area (Å²) in [5.41, 5.74) is 0.495. The number of esters is 4. The molecule has 19 heteroatoms. The fraction of sp³-hybridized carbons (Fsp3) is 0.769. The molecule has 4 saturated carbocycles. The normalized spacial score (nSPS) is 28.7. The van der Waals surface area contributed by atoms with Gasteiger partial charge in [0.05, 0.1) is 86.1 Å². The lowest BCUT2D eigenvalue weighted by Gasteiger charge is -2.63. The Kier molecular flexibility index (Phi) is 22.1. The number of aliphatic hydroxyl groups is 3. The zero-order valence-electron chi connectivity index (χ0n) is 43.2. The summed E-state index contributed by atoms with van der Waals surface area (Å²) < 4.78 is 25.6. The minimum Gasteiger partial charge on any atom is -0.468 e. The summed E-state index contributed by atoms with van der Waals surface area (Å²) in [6, 6.07) is 8.38. The first-order valence-electron chi connectivity index (χ1n) is 25.5. The summed E-state index contributed by atoms with van der Waals surface area (Å²) in [6.45, 7) is 6.66. The van der Waals surface area contributed by atoms with Crippen molar-refractivity contribution in [1.29, 1.82) is 0 Å². The molecule has 4 unspecified atom stereocenters. The molecule has 2 amide bonds. The highest BCUT2D eigenvalue weighted by Crippen LogP contribution is 2.68. The maximum absolute atomic E-state index is 14.1. The molecular formula is C52H83N5O14. The predicted molar refractivity (Wildman–Crippen MR) is 261 cm³/mol. The van der Waals surface area contributed by atoms with Crippen LogP contribution in [0.4, 0.5) is 0 Å². The molecular weight excluding hydrogens is 919 g/mol. The van der Waals surface area contributed by atoms with Gasteiger partial charge >= 0.3 is 23.9 Å². The van der Waals surface area contributed by atoms with Gasteiger partial charge in [-0.05, 0) is 103 Å². The summed E-state index contributed by atoms with van der Waals surface area (Å²) in [6.07, 6.45) is 5.23. The highest BCUT2D eigenvalue weighted by Gasteiger charge is 2.65. The molecule has 0 radical (unpaired) electrons. The van der Waals surface area contributed by atoms with E-state index in [9.17, 15) is 44.1 Å². The van der Waals surface area contributed by atoms with Gasteiger partial charge in [-0.15, -0.1) is 0 Å². The molecule has 5 rings (SSSR count). The van der Waals surface area contributed by atoms with Crippen LogP contribution in [0.25, 0.3) is 0 Å². The smallest absolute Gasteiger partial charge is 0.319 e. The summed E-state index contributed by atoms with van der Waals surface area (Å²) in [5, 5.41) is 40.0. The molecule has 1 aromatic carbocycles. The second-order valence-electron chi connectivity index (χ2n) is 21.0. The van der Waals surface area contributed by atoms with Crippen molar-refractivity contribution in [3.8, 4) is 0 Å². The number of rotatable bonds is 27. The van der Waals surface area contributed by atoms with Gasteiger partial charge in [0.2, 0.25) is 11.8 Å². The van der Waals surface area contributed by atoms with E-state index in [1.807, 2.05) is 30.3 Å². The summed E-state index contributed by atoms with van der Waals surface area (Å²) in [7, 11) is 4.96. The molecule has 1 aromatic rings. The van der Waals surface area contributed by atoms with Crippen LogP contribution in [-0.2, 0) is 59.1 Å². The van der Waals surface area contributed by atoms with Gasteiger partial charge in [0.25, 0.3) is 0 Å². The quantitative estimate of drug-likeness (QED) is 0.0479. The Morgan fingerprint density at radius 3 is 1.96 bits per heavy atom. The average Bonchev–Trinajstić information content (AvgIpc) is 3.72. The Balaban J connectivity index is 1.18. The van der Waals surface area contributed by atoms with E-state index in [4.69, 9.17) is 23.7 Å². The number of hydrogen-bond donors (Lipinski definition) is 5. The summed E-state index contributed by atoms with van der Waals surface area (Å²) >= 11 is 0. The Hall–Kier alpha value is -4.24. The molecule has 5 N–H and O–H groups in total. The fourth-order valence-electron chi connectivity index (χ4n) is 12.8. The molecule has 0 heterocycles. The van der Waals surface area contributed by atoms with Crippen molar-refractivity contribution < 1.29 is 67.8 Å². The van der Waals surface area contributed by atoms with Crippen LogP contribution in [0, 0.1) is 46.3 Å². The molecule has 12 atom stereocenters. The van der Waals surface area contributed by atoms with E-state index >= 15 is 0 Å². The van der Waals surface area contributed by atoms with Gasteiger partial charge in [0, 0.05) is 45.7 Å². The Bertz CT molecular complexity index is 1890. The number of nitrogens with zero attached hydrogens (tertiary/aromatic N) is 3. The van der Waals surface area contributed by atoms with Gasteiger partial charge in [-0.1, -0.05) is 51.1 Å². The third-order valence-electron chi connectivity index (χ3n) is 17.0. The highest BCUT2D eigenvalue weighted by atomic mass is 16.5. The first-order chi connectivity index (χ1) is 33.9. The minimum atomic E-state index is -1.01. The molecule has 0 aliphatic heterocycles. The zero-order valence-corrected chi connectivity index (χ0v) is 43.2. The number of carbonyl (C=O) groups is 6. The van der Waals surface area contributed by atoms with Crippen molar-refractivity contribution in [2.24, 2.45) is 46.3 Å². The SMILES string of the molecule is COC(=O)CN(CCN(CC(=O)OC)CC(=O)OC)CCN(CC(=O)OC)C(COCc1ccccc1)C(=O)NCCNC(=O)CC[C@@H](C)[C@H]1CCC2C3C(C[C@H](O)[C@@]21C)[C@@]1(C)CC[C@@H](O)C[C@H]1C[C@H]3O. The lowest BCUT2D eigenvalue weighted by atomic mass is 9.43. The van der Waals surface area contributed by atoms with Crippen molar-refractivity contribution in [1.82, 2.24) is 25.3 Å². The molecule has 0 saturated heterocycles. The van der Waals surface area contributed by atoms with Gasteiger partial charge in [0.1, 0.15) is 6.04 Å². The van der Waals surface area contributed by atoms with Crippen LogP contribution in [-0.4, -0.2) is 191 Å². The lowest BCUT2D eigenvalue weighted by molar-refractivity contribution is -0.207. The minimum absolute atomic E-state index is 0.00493. The number of ether oxygens (including phenoxy) is 5. The van der Waals surface area contributed by atoms with Gasteiger partial charge in [-0.2, -0.15) is 0 Å². The third-order valence-corrected chi connectivity index (χ3v) is 17.0. The van der Waals surface area contributed by atoms with Crippen molar-refractivity contribution in [2.75, 3.05) is 100 Å². The van der Waals surface area contributed by atoms with Crippen LogP contribution >= 0.6 is 0 Å². The number of hydrogen-bond acceptors (Lipinski definition) is 17.